The van der Waals surface area contributed by atoms with Crippen molar-refractivity contribution in [3.05, 3.63) is 24.3 Å². The molecule has 1 aromatic carbocycles. The van der Waals surface area contributed by atoms with E-state index in [0.717, 1.165) is 38.0 Å². The number of nitrogens with zero attached hydrogens (tertiary/aromatic N) is 2. The number of hydrogen-bond acceptors (Lipinski definition) is 4. The number of phenols is 1. The summed E-state index contributed by atoms with van der Waals surface area (Å²) in [6.07, 6.45) is 2.05. The minimum Gasteiger partial charge on any atom is -0.508 e. The van der Waals surface area contributed by atoms with Gasteiger partial charge in [0.05, 0.1) is 12.0 Å². The fraction of sp³-hybridized carbons (Fsp3) is 0.562. The molecule has 1 heterocycles. The van der Waals surface area contributed by atoms with Gasteiger partial charge in [-0.3, -0.25) is 4.79 Å². The number of aromatic hydroxyl groups is 1. The maximum absolute atomic E-state index is 12.4. The fourth-order valence-electron chi connectivity index (χ4n) is 3.34. The van der Waals surface area contributed by atoms with Gasteiger partial charge in [0.1, 0.15) is 5.75 Å². The van der Waals surface area contributed by atoms with Crippen LogP contribution in [0.25, 0.3) is 0 Å². The maximum Gasteiger partial charge on any atom is 0.228 e. The average Bonchev–Trinajstić information content (AvgIpc) is 2.93. The van der Waals surface area contributed by atoms with E-state index < -0.39 is 6.10 Å². The molecule has 1 amide bonds. The van der Waals surface area contributed by atoms with Crippen LogP contribution in [0.4, 0.5) is 5.69 Å². The second-order valence-electron chi connectivity index (χ2n) is 5.94. The Bertz CT molecular complexity index is 512. The van der Waals surface area contributed by atoms with Crippen LogP contribution in [0, 0.1) is 5.92 Å². The molecule has 0 bridgehead atoms. The van der Waals surface area contributed by atoms with Crippen LogP contribution in [-0.2, 0) is 4.79 Å². The van der Waals surface area contributed by atoms with Gasteiger partial charge >= 0.3 is 0 Å². The highest BCUT2D eigenvalue weighted by molar-refractivity contribution is 5.80. The van der Waals surface area contributed by atoms with Crippen molar-refractivity contribution in [3.8, 4) is 5.75 Å². The summed E-state index contributed by atoms with van der Waals surface area (Å²) in [6, 6.07) is 7.21. The number of hydrogen-bond donors (Lipinski definition) is 2. The van der Waals surface area contributed by atoms with Gasteiger partial charge in [-0.15, -0.1) is 0 Å². The molecule has 5 nitrogen and oxygen atoms in total. The standard InChI is InChI=1S/C16H22N2O3/c19-13-4-1-3-12(11-13)17-7-9-18(10-8-17)16(21)14-5-2-6-15(14)20/h1,3-4,11,14-15,19-20H,2,5-10H2. The van der Waals surface area contributed by atoms with Crippen molar-refractivity contribution in [2.24, 2.45) is 5.92 Å². The predicted molar refractivity (Wildman–Crippen MR) is 80.2 cm³/mol. The molecule has 21 heavy (non-hydrogen) atoms. The molecule has 2 fully saturated rings. The number of rotatable bonds is 2. The summed E-state index contributed by atoms with van der Waals surface area (Å²) in [5.74, 6) is 0.174. The highest BCUT2D eigenvalue weighted by atomic mass is 16.3. The first-order chi connectivity index (χ1) is 10.1. The Kier molecular flexibility index (Phi) is 4.01. The van der Waals surface area contributed by atoms with E-state index >= 15 is 0 Å². The SMILES string of the molecule is O=C(C1CCCC1O)N1CCN(c2cccc(O)c2)CC1. The van der Waals surface area contributed by atoms with Crippen LogP contribution in [0.3, 0.4) is 0 Å². The number of aliphatic hydroxyl groups excluding tert-OH is 1. The second-order valence-corrected chi connectivity index (χ2v) is 5.94. The quantitative estimate of drug-likeness (QED) is 0.859. The van der Waals surface area contributed by atoms with Crippen LogP contribution in [0.15, 0.2) is 24.3 Å². The molecule has 1 aliphatic carbocycles. The zero-order chi connectivity index (χ0) is 14.8. The summed E-state index contributed by atoms with van der Waals surface area (Å²) in [7, 11) is 0. The molecule has 2 N–H and O–H groups in total. The molecule has 0 radical (unpaired) electrons. The van der Waals surface area contributed by atoms with Crippen LogP contribution >= 0.6 is 0 Å². The number of piperazine rings is 1. The lowest BCUT2D eigenvalue weighted by Gasteiger charge is -2.37. The minimum atomic E-state index is -0.457. The highest BCUT2D eigenvalue weighted by Crippen LogP contribution is 2.28. The smallest absolute Gasteiger partial charge is 0.228 e. The third-order valence-corrected chi connectivity index (χ3v) is 4.58. The maximum atomic E-state index is 12.4. The lowest BCUT2D eigenvalue weighted by Crippen LogP contribution is -2.51. The predicted octanol–water partition coefficient (Wildman–Crippen LogP) is 1.20. The Morgan fingerprint density at radius 3 is 2.52 bits per heavy atom. The molecule has 1 aromatic rings. The number of carbonyl (C=O) groups is 1. The van der Waals surface area contributed by atoms with Crippen LogP contribution in [0.2, 0.25) is 0 Å². The van der Waals surface area contributed by atoms with Crippen LogP contribution < -0.4 is 4.90 Å². The van der Waals surface area contributed by atoms with Gasteiger partial charge in [-0.25, -0.2) is 0 Å². The van der Waals surface area contributed by atoms with E-state index in [2.05, 4.69) is 4.90 Å². The van der Waals surface area contributed by atoms with Crippen LogP contribution in [-0.4, -0.2) is 53.3 Å². The van der Waals surface area contributed by atoms with E-state index in [1.54, 1.807) is 12.1 Å². The van der Waals surface area contributed by atoms with Gasteiger partial charge in [-0.05, 0) is 31.4 Å². The van der Waals surface area contributed by atoms with Crippen LogP contribution in [0.1, 0.15) is 19.3 Å². The number of phenolic OH excluding ortho intramolecular Hbond substituents is 1. The molecule has 1 saturated carbocycles. The third-order valence-electron chi connectivity index (χ3n) is 4.58. The molecule has 0 aromatic heterocycles. The average molecular weight is 290 g/mol. The summed E-state index contributed by atoms with van der Waals surface area (Å²) < 4.78 is 0. The summed E-state index contributed by atoms with van der Waals surface area (Å²) >= 11 is 0. The lowest BCUT2D eigenvalue weighted by molar-refractivity contribution is -0.138. The molecular formula is C16H22N2O3. The Balaban J connectivity index is 1.59. The van der Waals surface area contributed by atoms with E-state index in [0.29, 0.717) is 13.1 Å². The molecule has 3 rings (SSSR count). The molecule has 1 aliphatic heterocycles. The van der Waals surface area contributed by atoms with Gasteiger partial charge in [-0.2, -0.15) is 0 Å². The first kappa shape index (κ1) is 14.2. The minimum absolute atomic E-state index is 0.107. The van der Waals surface area contributed by atoms with Gasteiger partial charge in [0, 0.05) is 37.9 Å². The summed E-state index contributed by atoms with van der Waals surface area (Å²) in [5, 5.41) is 19.4. The van der Waals surface area contributed by atoms with Crippen molar-refractivity contribution >= 4 is 11.6 Å². The van der Waals surface area contributed by atoms with E-state index in [1.165, 1.54) is 0 Å². The number of carbonyl (C=O) groups excluding carboxylic acids is 1. The monoisotopic (exact) mass is 290 g/mol. The third kappa shape index (κ3) is 2.97. The summed E-state index contributed by atoms with van der Waals surface area (Å²) in [4.78, 5) is 16.5. The van der Waals surface area contributed by atoms with Crippen molar-refractivity contribution in [2.75, 3.05) is 31.1 Å². The largest absolute Gasteiger partial charge is 0.508 e. The highest BCUT2D eigenvalue weighted by Gasteiger charge is 2.35. The number of anilines is 1. The molecule has 2 atom stereocenters. The van der Waals surface area contributed by atoms with Gasteiger partial charge < -0.3 is 20.0 Å². The molecule has 5 heteroatoms. The number of amides is 1. The van der Waals surface area contributed by atoms with E-state index in [-0.39, 0.29) is 17.6 Å². The van der Waals surface area contributed by atoms with E-state index in [9.17, 15) is 15.0 Å². The van der Waals surface area contributed by atoms with Crippen molar-refractivity contribution in [1.29, 1.82) is 0 Å². The molecule has 114 valence electrons. The zero-order valence-corrected chi connectivity index (χ0v) is 12.1. The lowest BCUT2D eigenvalue weighted by atomic mass is 10.0. The van der Waals surface area contributed by atoms with E-state index in [1.807, 2.05) is 17.0 Å². The van der Waals surface area contributed by atoms with Gasteiger partial charge in [0.15, 0.2) is 0 Å². The molecule has 2 unspecified atom stereocenters. The Morgan fingerprint density at radius 1 is 1.14 bits per heavy atom. The first-order valence-corrected chi connectivity index (χ1v) is 7.66. The Labute approximate surface area is 124 Å². The van der Waals surface area contributed by atoms with E-state index in [4.69, 9.17) is 0 Å². The van der Waals surface area contributed by atoms with Gasteiger partial charge in [0.25, 0.3) is 0 Å². The fourth-order valence-corrected chi connectivity index (χ4v) is 3.34. The zero-order valence-electron chi connectivity index (χ0n) is 12.1. The Hall–Kier alpha value is -1.75. The topological polar surface area (TPSA) is 64.0 Å². The second kappa shape index (κ2) is 5.93. The molecule has 2 aliphatic rings. The molecule has 1 saturated heterocycles. The van der Waals surface area contributed by atoms with Crippen molar-refractivity contribution < 1.29 is 15.0 Å². The number of benzene rings is 1. The van der Waals surface area contributed by atoms with Crippen molar-refractivity contribution in [3.63, 3.8) is 0 Å². The number of aliphatic hydroxyl groups is 1. The molecule has 0 spiro atoms. The summed E-state index contributed by atoms with van der Waals surface area (Å²) in [5.41, 5.74) is 0.989. The van der Waals surface area contributed by atoms with Crippen molar-refractivity contribution in [2.45, 2.75) is 25.4 Å². The normalized spacial score (nSPS) is 26.1. The van der Waals surface area contributed by atoms with Gasteiger partial charge in [0.2, 0.25) is 5.91 Å². The first-order valence-electron chi connectivity index (χ1n) is 7.66. The van der Waals surface area contributed by atoms with Gasteiger partial charge in [-0.1, -0.05) is 6.07 Å². The van der Waals surface area contributed by atoms with Crippen LogP contribution in [0.5, 0.6) is 5.75 Å². The summed E-state index contributed by atoms with van der Waals surface area (Å²) in [6.45, 7) is 2.88. The van der Waals surface area contributed by atoms with Crippen molar-refractivity contribution in [1.82, 2.24) is 4.90 Å². The molecular weight excluding hydrogens is 268 g/mol. The Morgan fingerprint density at radius 2 is 1.90 bits per heavy atom.